The van der Waals surface area contributed by atoms with Crippen LogP contribution in [0.5, 0.6) is 23.0 Å². The predicted molar refractivity (Wildman–Crippen MR) is 244 cm³/mol. The van der Waals surface area contributed by atoms with Crippen molar-refractivity contribution in [2.24, 2.45) is 0 Å². The van der Waals surface area contributed by atoms with E-state index in [0.29, 0.717) is 0 Å². The molecule has 59 heavy (non-hydrogen) atoms. The second kappa shape index (κ2) is 11.9. The van der Waals surface area contributed by atoms with Gasteiger partial charge in [-0.25, -0.2) is 0 Å². The summed E-state index contributed by atoms with van der Waals surface area (Å²) < 4.78 is 14.9. The quantitative estimate of drug-likeness (QED) is 0.163. The molecule has 1 aromatic heterocycles. The lowest BCUT2D eigenvalue weighted by molar-refractivity contribution is 0.465. The topological polar surface area (TPSA) is 21.7 Å². The molecule has 1 spiro atoms. The molecule has 5 heteroatoms. The highest BCUT2D eigenvalue weighted by Gasteiger charge is 2.53. The summed E-state index contributed by atoms with van der Waals surface area (Å²) >= 11 is 1.85. The molecule has 0 saturated heterocycles. The standard InChI is InChI=1S/C54H36BNO2S/c1-53(2)35-18-4-6-20-37(35)54(38-21-7-5-19-36(38)53)39-22-8-12-26-43(39)56(44-27-13-9-23-40(44)54)52-50(34-17-3-16-30-49(34)59-52)33-31-47-51-48(32-33)58-46-29-15-11-25-42(46)55(51)41-24-10-14-28-45(41)57-47/h3-32H,1-2H3. The van der Waals surface area contributed by atoms with Gasteiger partial charge in [0.25, 0.3) is 6.71 Å². The van der Waals surface area contributed by atoms with E-state index in [0.717, 1.165) is 55.5 Å². The van der Waals surface area contributed by atoms with Gasteiger partial charge in [-0.3, -0.25) is 0 Å². The monoisotopic (exact) mass is 773 g/mol. The van der Waals surface area contributed by atoms with Gasteiger partial charge in [-0.15, -0.1) is 11.3 Å². The van der Waals surface area contributed by atoms with Gasteiger partial charge in [0.1, 0.15) is 28.0 Å². The van der Waals surface area contributed by atoms with Crippen molar-refractivity contribution in [3.63, 3.8) is 0 Å². The second-order valence-corrected chi connectivity index (χ2v) is 17.7. The van der Waals surface area contributed by atoms with Crippen molar-refractivity contribution in [2.75, 3.05) is 4.90 Å². The SMILES string of the molecule is CC1(C)c2ccccc2C2(c3ccccc3N(c3sc4ccccc4c3-c3cc4c5c(c3)Oc3ccccc3B5c3ccccc3O4)c3ccccc32)c2ccccc21. The highest BCUT2D eigenvalue weighted by atomic mass is 32.1. The number of rotatable bonds is 2. The van der Waals surface area contributed by atoms with Crippen molar-refractivity contribution in [2.45, 2.75) is 24.7 Å². The molecule has 0 fully saturated rings. The Labute approximate surface area is 347 Å². The third-order valence-electron chi connectivity index (χ3n) is 13.5. The number of fused-ring (bicyclic) bond motifs is 13. The molecule has 9 aromatic rings. The first-order valence-corrected chi connectivity index (χ1v) is 21.3. The van der Waals surface area contributed by atoms with Crippen LogP contribution in [-0.4, -0.2) is 6.71 Å². The fraction of sp³-hybridized carbons (Fsp3) is 0.0741. The lowest BCUT2D eigenvalue weighted by Gasteiger charge is -2.52. The number of ether oxygens (including phenoxy) is 2. The molecular weight excluding hydrogens is 737 g/mol. The van der Waals surface area contributed by atoms with E-state index in [4.69, 9.17) is 9.47 Å². The molecule has 13 rings (SSSR count). The Balaban J connectivity index is 1.09. The van der Waals surface area contributed by atoms with Crippen molar-refractivity contribution in [3.05, 3.63) is 215 Å². The van der Waals surface area contributed by atoms with Gasteiger partial charge >= 0.3 is 0 Å². The molecule has 0 radical (unpaired) electrons. The molecule has 1 aliphatic carbocycles. The Morgan fingerprint density at radius 1 is 0.475 bits per heavy atom. The molecule has 278 valence electrons. The number of hydrogen-bond donors (Lipinski definition) is 0. The van der Waals surface area contributed by atoms with Crippen LogP contribution in [0.2, 0.25) is 0 Å². The molecule has 0 saturated carbocycles. The molecule has 4 heterocycles. The van der Waals surface area contributed by atoms with Crippen molar-refractivity contribution >= 4 is 60.9 Å². The molecule has 3 nitrogen and oxygen atoms in total. The van der Waals surface area contributed by atoms with Gasteiger partial charge in [-0.2, -0.15) is 0 Å². The van der Waals surface area contributed by atoms with E-state index < -0.39 is 5.41 Å². The average Bonchev–Trinajstić information content (AvgIpc) is 3.67. The highest BCUT2D eigenvalue weighted by molar-refractivity contribution is 7.23. The molecule has 0 atom stereocenters. The van der Waals surface area contributed by atoms with E-state index in [-0.39, 0.29) is 12.1 Å². The third-order valence-corrected chi connectivity index (χ3v) is 14.6. The summed E-state index contributed by atoms with van der Waals surface area (Å²) in [4.78, 5) is 2.54. The fourth-order valence-electron chi connectivity index (χ4n) is 11.1. The summed E-state index contributed by atoms with van der Waals surface area (Å²) in [7, 11) is 0. The highest BCUT2D eigenvalue weighted by Crippen LogP contribution is 2.64. The Kier molecular flexibility index (Phi) is 6.68. The van der Waals surface area contributed by atoms with Crippen molar-refractivity contribution < 1.29 is 9.47 Å². The van der Waals surface area contributed by atoms with Gasteiger partial charge < -0.3 is 14.4 Å². The minimum atomic E-state index is -0.531. The molecule has 0 amide bonds. The largest absolute Gasteiger partial charge is 0.458 e. The van der Waals surface area contributed by atoms with Gasteiger partial charge in [0, 0.05) is 26.5 Å². The maximum Gasteiger partial charge on any atom is 0.260 e. The fourth-order valence-corrected chi connectivity index (χ4v) is 12.3. The van der Waals surface area contributed by atoms with Crippen LogP contribution in [0.25, 0.3) is 21.2 Å². The van der Waals surface area contributed by atoms with Crippen LogP contribution in [-0.2, 0) is 10.8 Å². The minimum absolute atomic E-state index is 0.0194. The smallest absolute Gasteiger partial charge is 0.260 e. The lowest BCUT2D eigenvalue weighted by atomic mass is 9.35. The Morgan fingerprint density at radius 2 is 0.932 bits per heavy atom. The van der Waals surface area contributed by atoms with E-state index >= 15 is 0 Å². The van der Waals surface area contributed by atoms with Crippen LogP contribution in [0.4, 0.5) is 16.4 Å². The Morgan fingerprint density at radius 3 is 1.51 bits per heavy atom. The van der Waals surface area contributed by atoms with Gasteiger partial charge in [0.15, 0.2) is 0 Å². The molecule has 0 bridgehead atoms. The summed E-state index contributed by atoms with van der Waals surface area (Å²) in [5, 5.41) is 2.36. The third kappa shape index (κ3) is 4.28. The Bertz CT molecular complexity index is 3080. The van der Waals surface area contributed by atoms with Crippen molar-refractivity contribution in [1.82, 2.24) is 0 Å². The van der Waals surface area contributed by atoms with Crippen LogP contribution in [0, 0.1) is 0 Å². The maximum atomic E-state index is 6.86. The number of anilines is 3. The summed E-state index contributed by atoms with van der Waals surface area (Å²) in [5.74, 6) is 3.46. The molecule has 8 aromatic carbocycles. The first-order valence-electron chi connectivity index (χ1n) is 20.5. The van der Waals surface area contributed by atoms with E-state index in [1.165, 1.54) is 54.8 Å². The van der Waals surface area contributed by atoms with Gasteiger partial charge in [0.2, 0.25) is 0 Å². The predicted octanol–water partition coefficient (Wildman–Crippen LogP) is 12.1. The Hall–Kier alpha value is -6.82. The zero-order valence-electron chi connectivity index (χ0n) is 32.6. The van der Waals surface area contributed by atoms with Gasteiger partial charge in [0.05, 0.1) is 16.8 Å². The molecule has 3 aliphatic heterocycles. The normalized spacial score (nSPS) is 15.4. The summed E-state index contributed by atoms with van der Waals surface area (Å²) in [6.07, 6.45) is 0. The van der Waals surface area contributed by atoms with E-state index in [2.05, 4.69) is 201 Å². The van der Waals surface area contributed by atoms with Crippen molar-refractivity contribution in [3.8, 4) is 34.1 Å². The number of thiophene rings is 1. The lowest BCUT2D eigenvalue weighted by Crippen LogP contribution is -2.57. The zero-order valence-corrected chi connectivity index (χ0v) is 33.4. The van der Waals surface area contributed by atoms with Crippen LogP contribution >= 0.6 is 11.3 Å². The van der Waals surface area contributed by atoms with E-state index in [9.17, 15) is 0 Å². The van der Waals surface area contributed by atoms with Crippen LogP contribution in [0.15, 0.2) is 182 Å². The van der Waals surface area contributed by atoms with E-state index in [1.807, 2.05) is 11.3 Å². The van der Waals surface area contributed by atoms with Gasteiger partial charge in [-0.1, -0.05) is 153 Å². The van der Waals surface area contributed by atoms with Crippen LogP contribution in [0.3, 0.4) is 0 Å². The van der Waals surface area contributed by atoms with Crippen LogP contribution < -0.4 is 30.8 Å². The number of hydrogen-bond acceptors (Lipinski definition) is 4. The van der Waals surface area contributed by atoms with Gasteiger partial charge in [-0.05, 0) is 92.3 Å². The summed E-state index contributed by atoms with van der Waals surface area (Å²) in [6.45, 7) is 4.78. The summed E-state index contributed by atoms with van der Waals surface area (Å²) in [5.41, 5.74) is 15.3. The summed E-state index contributed by atoms with van der Waals surface area (Å²) in [6, 6.07) is 66.8. The second-order valence-electron chi connectivity index (χ2n) is 16.7. The van der Waals surface area contributed by atoms with Crippen molar-refractivity contribution in [1.29, 1.82) is 0 Å². The molecular formula is C54H36BNO2S. The number of benzene rings is 8. The maximum absolute atomic E-state index is 6.86. The zero-order chi connectivity index (χ0) is 39.0. The minimum Gasteiger partial charge on any atom is -0.458 e. The van der Waals surface area contributed by atoms with Crippen LogP contribution in [0.1, 0.15) is 47.2 Å². The number of nitrogens with zero attached hydrogens (tertiary/aromatic N) is 1. The molecule has 0 N–H and O–H groups in total. The first-order chi connectivity index (χ1) is 29.0. The molecule has 0 unspecified atom stereocenters. The number of para-hydroxylation sites is 4. The molecule has 4 aliphatic rings. The first kappa shape index (κ1) is 33.2. The average molecular weight is 774 g/mol. The van der Waals surface area contributed by atoms with E-state index in [1.54, 1.807) is 0 Å².